The Hall–Kier alpha value is -2.42. The second-order valence-electron chi connectivity index (χ2n) is 6.91. The third-order valence-electron chi connectivity index (χ3n) is 4.99. The van der Waals surface area contributed by atoms with Gasteiger partial charge in [0.15, 0.2) is 5.76 Å². The number of carbonyl (C=O) groups excluding carboxylic acids is 1. The van der Waals surface area contributed by atoms with Crippen LogP contribution >= 0.6 is 11.6 Å². The number of nitrogens with one attached hydrogen (secondary N) is 1. The maximum Gasteiger partial charge on any atom is 0.291 e. The summed E-state index contributed by atoms with van der Waals surface area (Å²) >= 11 is 5.74. The summed E-state index contributed by atoms with van der Waals surface area (Å²) in [6, 6.07) is 8.41. The fraction of sp³-hybridized carbons (Fsp3) is 0.250. The van der Waals surface area contributed by atoms with E-state index in [-0.39, 0.29) is 15.7 Å². The first-order valence-electron chi connectivity index (χ1n) is 9.07. The molecule has 2 heterocycles. The summed E-state index contributed by atoms with van der Waals surface area (Å²) in [5.41, 5.74) is 1.24. The van der Waals surface area contributed by atoms with Crippen molar-refractivity contribution in [2.24, 2.45) is 0 Å². The Morgan fingerprint density at radius 1 is 1.17 bits per heavy atom. The van der Waals surface area contributed by atoms with Crippen LogP contribution in [0.4, 0.5) is 10.1 Å². The zero-order valence-electron chi connectivity index (χ0n) is 15.5. The van der Waals surface area contributed by atoms with Gasteiger partial charge in [0.25, 0.3) is 5.91 Å². The standard InChI is InChI=1S/C20H18ClFN2O4S/c1-12-15-11-14(29(26,27)24-8-2-3-9-24)5-7-18(15)28-19(12)20(25)23-13-4-6-17(22)16(21)10-13/h4-7,10-11H,2-3,8-9H2,1H3,(H,23,25). The first-order chi connectivity index (χ1) is 13.8. The lowest BCUT2D eigenvalue weighted by molar-refractivity contribution is 0.0998. The van der Waals surface area contributed by atoms with Crippen LogP contribution in [0.15, 0.2) is 45.7 Å². The predicted molar refractivity (Wildman–Crippen MR) is 108 cm³/mol. The van der Waals surface area contributed by atoms with Gasteiger partial charge in [-0.25, -0.2) is 12.8 Å². The van der Waals surface area contributed by atoms with Crippen molar-refractivity contribution in [2.45, 2.75) is 24.7 Å². The van der Waals surface area contributed by atoms with E-state index < -0.39 is 21.7 Å². The highest BCUT2D eigenvalue weighted by Gasteiger charge is 2.28. The number of nitrogens with zero attached hydrogens (tertiary/aromatic N) is 1. The number of rotatable bonds is 4. The van der Waals surface area contributed by atoms with Gasteiger partial charge >= 0.3 is 0 Å². The Balaban J connectivity index is 1.67. The lowest BCUT2D eigenvalue weighted by atomic mass is 10.1. The van der Waals surface area contributed by atoms with E-state index in [2.05, 4.69) is 5.32 Å². The number of fused-ring (bicyclic) bond motifs is 1. The highest BCUT2D eigenvalue weighted by molar-refractivity contribution is 7.89. The zero-order chi connectivity index (χ0) is 20.8. The van der Waals surface area contributed by atoms with E-state index in [0.717, 1.165) is 18.9 Å². The summed E-state index contributed by atoms with van der Waals surface area (Å²) in [4.78, 5) is 12.8. The summed E-state index contributed by atoms with van der Waals surface area (Å²) in [5, 5.41) is 3.05. The Kier molecular flexibility index (Phi) is 5.10. The van der Waals surface area contributed by atoms with Crippen LogP contribution < -0.4 is 5.32 Å². The van der Waals surface area contributed by atoms with Crippen LogP contribution in [0, 0.1) is 12.7 Å². The first kappa shape index (κ1) is 19.9. The molecule has 0 spiro atoms. The Labute approximate surface area is 172 Å². The lowest BCUT2D eigenvalue weighted by Gasteiger charge is -2.15. The molecule has 1 fully saturated rings. The van der Waals surface area contributed by atoms with Crippen LogP contribution in [0.2, 0.25) is 5.02 Å². The van der Waals surface area contributed by atoms with Crippen molar-refractivity contribution in [2.75, 3.05) is 18.4 Å². The maximum atomic E-state index is 13.3. The topological polar surface area (TPSA) is 79.6 Å². The SMILES string of the molecule is Cc1c(C(=O)Nc2ccc(F)c(Cl)c2)oc2ccc(S(=O)(=O)N3CCCC3)cc12. The minimum atomic E-state index is -3.57. The monoisotopic (exact) mass is 436 g/mol. The van der Waals surface area contributed by atoms with E-state index in [1.165, 1.54) is 28.6 Å². The Morgan fingerprint density at radius 3 is 2.59 bits per heavy atom. The molecule has 29 heavy (non-hydrogen) atoms. The zero-order valence-corrected chi connectivity index (χ0v) is 17.1. The molecular weight excluding hydrogens is 419 g/mol. The molecule has 0 aliphatic carbocycles. The molecule has 0 atom stereocenters. The average molecular weight is 437 g/mol. The minimum Gasteiger partial charge on any atom is -0.451 e. The number of benzene rings is 2. The molecule has 0 radical (unpaired) electrons. The van der Waals surface area contributed by atoms with E-state index in [1.54, 1.807) is 13.0 Å². The second-order valence-corrected chi connectivity index (χ2v) is 9.25. The summed E-state index contributed by atoms with van der Waals surface area (Å²) in [6.45, 7) is 2.71. The number of hydrogen-bond acceptors (Lipinski definition) is 4. The van der Waals surface area contributed by atoms with Crippen molar-refractivity contribution in [1.29, 1.82) is 0 Å². The molecule has 1 aromatic heterocycles. The number of anilines is 1. The summed E-state index contributed by atoms with van der Waals surface area (Å²) in [5.74, 6) is -1.07. The molecular formula is C20H18ClFN2O4S. The van der Waals surface area contributed by atoms with Gasteiger partial charge in [-0.15, -0.1) is 0 Å². The second kappa shape index (κ2) is 7.44. The van der Waals surface area contributed by atoms with Crippen molar-refractivity contribution in [1.82, 2.24) is 4.31 Å². The van der Waals surface area contributed by atoms with Crippen LogP contribution in [0.25, 0.3) is 11.0 Å². The molecule has 0 saturated carbocycles. The summed E-state index contributed by atoms with van der Waals surface area (Å²) in [6.07, 6.45) is 1.70. The number of hydrogen-bond donors (Lipinski definition) is 1. The number of amides is 1. The van der Waals surface area contributed by atoms with Crippen molar-refractivity contribution in [3.05, 3.63) is 58.6 Å². The molecule has 1 saturated heterocycles. The molecule has 1 N–H and O–H groups in total. The van der Waals surface area contributed by atoms with Crippen molar-refractivity contribution in [3.63, 3.8) is 0 Å². The van der Waals surface area contributed by atoms with Crippen LogP contribution in [0.5, 0.6) is 0 Å². The van der Waals surface area contributed by atoms with Crippen molar-refractivity contribution >= 4 is 44.2 Å². The fourth-order valence-corrected chi connectivity index (χ4v) is 5.14. The van der Waals surface area contributed by atoms with Gasteiger partial charge < -0.3 is 9.73 Å². The van der Waals surface area contributed by atoms with Crippen LogP contribution in [-0.2, 0) is 10.0 Å². The van der Waals surface area contributed by atoms with E-state index in [0.29, 0.717) is 35.3 Å². The molecule has 1 aliphatic heterocycles. The number of sulfonamides is 1. The molecule has 152 valence electrons. The van der Waals surface area contributed by atoms with Gasteiger partial charge in [-0.05, 0) is 56.2 Å². The molecule has 0 bridgehead atoms. The minimum absolute atomic E-state index is 0.0520. The average Bonchev–Trinajstić information content (AvgIpc) is 3.33. The van der Waals surface area contributed by atoms with Gasteiger partial charge in [0.2, 0.25) is 10.0 Å². The predicted octanol–water partition coefficient (Wildman–Crippen LogP) is 4.57. The van der Waals surface area contributed by atoms with Gasteiger partial charge in [0.1, 0.15) is 11.4 Å². The smallest absolute Gasteiger partial charge is 0.291 e. The first-order valence-corrected chi connectivity index (χ1v) is 10.9. The van der Waals surface area contributed by atoms with Gasteiger partial charge in [0, 0.05) is 29.7 Å². The number of carbonyl (C=O) groups is 1. The van der Waals surface area contributed by atoms with Crippen molar-refractivity contribution in [3.8, 4) is 0 Å². The molecule has 1 amide bonds. The number of furan rings is 1. The third kappa shape index (κ3) is 3.63. The van der Waals surface area contributed by atoms with E-state index >= 15 is 0 Å². The molecule has 1 aliphatic rings. The highest BCUT2D eigenvalue weighted by atomic mass is 35.5. The normalized spacial score (nSPS) is 15.1. The summed E-state index contributed by atoms with van der Waals surface area (Å²) < 4.78 is 46.0. The molecule has 3 aromatic rings. The van der Waals surface area contributed by atoms with Gasteiger partial charge in [-0.2, -0.15) is 4.31 Å². The van der Waals surface area contributed by atoms with Crippen molar-refractivity contribution < 1.29 is 22.0 Å². The Morgan fingerprint density at radius 2 is 1.90 bits per heavy atom. The largest absolute Gasteiger partial charge is 0.451 e. The van der Waals surface area contributed by atoms with Gasteiger partial charge in [-0.3, -0.25) is 4.79 Å². The van der Waals surface area contributed by atoms with Gasteiger partial charge in [-0.1, -0.05) is 11.6 Å². The molecule has 9 heteroatoms. The Bertz CT molecular complexity index is 1220. The molecule has 4 rings (SSSR count). The molecule has 2 aromatic carbocycles. The number of halogens is 2. The van der Waals surface area contributed by atoms with Gasteiger partial charge in [0.05, 0.1) is 9.92 Å². The van der Waals surface area contributed by atoms with Crippen LogP contribution in [-0.4, -0.2) is 31.7 Å². The quantitative estimate of drug-likeness (QED) is 0.649. The van der Waals surface area contributed by atoms with E-state index in [1.807, 2.05) is 0 Å². The summed E-state index contributed by atoms with van der Waals surface area (Å²) in [7, 11) is -3.57. The number of aryl methyl sites for hydroxylation is 1. The van der Waals surface area contributed by atoms with Crippen LogP contribution in [0.1, 0.15) is 29.0 Å². The van der Waals surface area contributed by atoms with Crippen LogP contribution in [0.3, 0.4) is 0 Å². The lowest BCUT2D eigenvalue weighted by Crippen LogP contribution is -2.27. The molecule has 6 nitrogen and oxygen atoms in total. The van der Waals surface area contributed by atoms with E-state index in [4.69, 9.17) is 16.0 Å². The highest BCUT2D eigenvalue weighted by Crippen LogP contribution is 2.30. The molecule has 0 unspecified atom stereocenters. The third-order valence-corrected chi connectivity index (χ3v) is 7.18. The van der Waals surface area contributed by atoms with E-state index in [9.17, 15) is 17.6 Å². The maximum absolute atomic E-state index is 13.3. The fourth-order valence-electron chi connectivity index (χ4n) is 3.42.